The van der Waals surface area contributed by atoms with Crippen molar-refractivity contribution in [2.24, 2.45) is 16.8 Å². The molecule has 1 aliphatic carbocycles. The maximum Gasteiger partial charge on any atom is 0.222 e. The van der Waals surface area contributed by atoms with Crippen LogP contribution in [0.3, 0.4) is 0 Å². The summed E-state index contributed by atoms with van der Waals surface area (Å²) in [4.78, 5) is 15.6. The first-order valence-corrected chi connectivity index (χ1v) is 8.85. The molecule has 0 saturated heterocycles. The van der Waals surface area contributed by atoms with Gasteiger partial charge in [-0.25, -0.2) is 0 Å². The average Bonchev–Trinajstić information content (AvgIpc) is 2.54. The van der Waals surface area contributed by atoms with Gasteiger partial charge in [0.1, 0.15) is 0 Å². The van der Waals surface area contributed by atoms with E-state index in [1.54, 1.807) is 7.05 Å². The minimum atomic E-state index is 0. The van der Waals surface area contributed by atoms with Crippen LogP contribution in [-0.4, -0.2) is 38.5 Å². The van der Waals surface area contributed by atoms with Gasteiger partial charge in [0.05, 0.1) is 0 Å². The first kappa shape index (κ1) is 22.5. The molecule has 0 heterocycles. The van der Waals surface area contributed by atoms with Crippen LogP contribution in [0.25, 0.3) is 0 Å². The van der Waals surface area contributed by atoms with Gasteiger partial charge in [0.2, 0.25) is 5.91 Å². The molecule has 0 spiro atoms. The van der Waals surface area contributed by atoms with Gasteiger partial charge in [-0.05, 0) is 18.8 Å². The quantitative estimate of drug-likeness (QED) is 0.236. The SMILES string of the molecule is CN=C(NCCCC1CCCCC1)NCCNC(=O)C(C)C.I. The molecule has 0 aromatic rings. The zero-order chi connectivity index (χ0) is 16.2. The highest BCUT2D eigenvalue weighted by Gasteiger charge is 2.12. The summed E-state index contributed by atoms with van der Waals surface area (Å²) in [5.74, 6) is 1.90. The maximum atomic E-state index is 11.4. The van der Waals surface area contributed by atoms with Crippen molar-refractivity contribution in [2.45, 2.75) is 58.8 Å². The Balaban J connectivity index is 0.00000484. The lowest BCUT2D eigenvalue weighted by molar-refractivity contribution is -0.123. The Morgan fingerprint density at radius 1 is 1.04 bits per heavy atom. The molecule has 1 saturated carbocycles. The molecule has 136 valence electrons. The molecule has 0 aliphatic heterocycles. The molecule has 5 nitrogen and oxygen atoms in total. The fourth-order valence-corrected chi connectivity index (χ4v) is 2.86. The lowest BCUT2D eigenvalue weighted by atomic mass is 9.86. The topological polar surface area (TPSA) is 65.5 Å². The third-order valence-corrected chi connectivity index (χ3v) is 4.27. The van der Waals surface area contributed by atoms with Crippen LogP contribution in [0.2, 0.25) is 0 Å². The number of nitrogens with one attached hydrogen (secondary N) is 3. The maximum absolute atomic E-state index is 11.4. The molecule has 1 fully saturated rings. The zero-order valence-corrected chi connectivity index (χ0v) is 17.3. The molecule has 0 bridgehead atoms. The van der Waals surface area contributed by atoms with Gasteiger partial charge in [0.15, 0.2) is 5.96 Å². The van der Waals surface area contributed by atoms with Crippen molar-refractivity contribution in [3.8, 4) is 0 Å². The molecule has 23 heavy (non-hydrogen) atoms. The minimum Gasteiger partial charge on any atom is -0.356 e. The van der Waals surface area contributed by atoms with Crippen LogP contribution in [0.5, 0.6) is 0 Å². The van der Waals surface area contributed by atoms with E-state index in [1.807, 2.05) is 13.8 Å². The van der Waals surface area contributed by atoms with E-state index in [0.29, 0.717) is 13.1 Å². The Bertz CT molecular complexity index is 341. The Morgan fingerprint density at radius 3 is 2.26 bits per heavy atom. The normalized spacial score (nSPS) is 15.9. The van der Waals surface area contributed by atoms with Crippen molar-refractivity contribution in [1.29, 1.82) is 0 Å². The van der Waals surface area contributed by atoms with E-state index in [2.05, 4.69) is 20.9 Å². The van der Waals surface area contributed by atoms with Crippen LogP contribution < -0.4 is 16.0 Å². The monoisotopic (exact) mass is 438 g/mol. The predicted molar refractivity (Wildman–Crippen MR) is 108 cm³/mol. The molecular weight excluding hydrogens is 403 g/mol. The standard InChI is InChI=1S/C17H34N4O.HI/c1-14(2)16(22)19-12-13-21-17(18-3)20-11-7-10-15-8-5-4-6-9-15;/h14-15H,4-13H2,1-3H3,(H,19,22)(H2,18,20,21);1H. The van der Waals surface area contributed by atoms with Crippen molar-refractivity contribution in [3.05, 3.63) is 0 Å². The molecule has 3 N–H and O–H groups in total. The third-order valence-electron chi connectivity index (χ3n) is 4.27. The smallest absolute Gasteiger partial charge is 0.222 e. The molecule has 0 unspecified atom stereocenters. The van der Waals surface area contributed by atoms with Gasteiger partial charge in [-0.15, -0.1) is 24.0 Å². The van der Waals surface area contributed by atoms with Gasteiger partial charge < -0.3 is 16.0 Å². The number of amides is 1. The van der Waals surface area contributed by atoms with Gasteiger partial charge >= 0.3 is 0 Å². The highest BCUT2D eigenvalue weighted by atomic mass is 127. The Kier molecular flexibility index (Phi) is 13.5. The van der Waals surface area contributed by atoms with Crippen LogP contribution in [-0.2, 0) is 4.79 Å². The second kappa shape index (κ2) is 13.9. The van der Waals surface area contributed by atoms with Crippen molar-refractivity contribution < 1.29 is 4.79 Å². The lowest BCUT2D eigenvalue weighted by Crippen LogP contribution is -2.42. The second-order valence-electron chi connectivity index (χ2n) is 6.52. The summed E-state index contributed by atoms with van der Waals surface area (Å²) in [5.41, 5.74) is 0. The largest absolute Gasteiger partial charge is 0.356 e. The van der Waals surface area contributed by atoms with E-state index in [9.17, 15) is 4.79 Å². The number of halogens is 1. The molecule has 1 rings (SSSR count). The number of carbonyl (C=O) groups is 1. The summed E-state index contributed by atoms with van der Waals surface area (Å²) in [7, 11) is 1.78. The molecule has 6 heteroatoms. The summed E-state index contributed by atoms with van der Waals surface area (Å²) in [6, 6.07) is 0. The predicted octanol–water partition coefficient (Wildman–Crippen LogP) is 2.90. The molecule has 0 radical (unpaired) electrons. The Morgan fingerprint density at radius 2 is 1.65 bits per heavy atom. The van der Waals surface area contributed by atoms with Crippen molar-refractivity contribution in [2.75, 3.05) is 26.7 Å². The lowest BCUT2D eigenvalue weighted by Gasteiger charge is -2.21. The molecular formula is C17H35IN4O. The first-order chi connectivity index (χ1) is 10.6. The summed E-state index contributed by atoms with van der Waals surface area (Å²) >= 11 is 0. The fraction of sp³-hybridized carbons (Fsp3) is 0.882. The van der Waals surface area contributed by atoms with Crippen LogP contribution in [0, 0.1) is 11.8 Å². The summed E-state index contributed by atoms with van der Waals surface area (Å²) < 4.78 is 0. The van der Waals surface area contributed by atoms with Crippen molar-refractivity contribution in [1.82, 2.24) is 16.0 Å². The van der Waals surface area contributed by atoms with Crippen molar-refractivity contribution in [3.63, 3.8) is 0 Å². The Labute approximate surface area is 158 Å². The van der Waals surface area contributed by atoms with Gasteiger partial charge in [-0.2, -0.15) is 0 Å². The Hall–Kier alpha value is -0.530. The van der Waals surface area contributed by atoms with E-state index in [4.69, 9.17) is 0 Å². The number of guanidine groups is 1. The van der Waals surface area contributed by atoms with Crippen LogP contribution in [0.1, 0.15) is 58.8 Å². The summed E-state index contributed by atoms with van der Waals surface area (Å²) in [5, 5.41) is 9.46. The third kappa shape index (κ3) is 10.8. The highest BCUT2D eigenvalue weighted by Crippen LogP contribution is 2.26. The van der Waals surface area contributed by atoms with E-state index in [0.717, 1.165) is 18.4 Å². The minimum absolute atomic E-state index is 0. The zero-order valence-electron chi connectivity index (χ0n) is 15.0. The fourth-order valence-electron chi connectivity index (χ4n) is 2.86. The van der Waals surface area contributed by atoms with E-state index in [-0.39, 0.29) is 35.8 Å². The van der Waals surface area contributed by atoms with Crippen molar-refractivity contribution >= 4 is 35.8 Å². The average molecular weight is 438 g/mol. The molecule has 0 aromatic carbocycles. The summed E-state index contributed by atoms with van der Waals surface area (Å²) in [6.07, 6.45) is 9.64. The second-order valence-corrected chi connectivity index (χ2v) is 6.52. The number of carbonyl (C=O) groups excluding carboxylic acids is 1. The van der Waals surface area contributed by atoms with Gasteiger partial charge in [-0.3, -0.25) is 9.79 Å². The van der Waals surface area contributed by atoms with Crippen LogP contribution in [0.4, 0.5) is 0 Å². The van der Waals surface area contributed by atoms with E-state index < -0.39 is 0 Å². The van der Waals surface area contributed by atoms with Gasteiger partial charge in [-0.1, -0.05) is 46.0 Å². The number of nitrogens with zero attached hydrogens (tertiary/aromatic N) is 1. The molecule has 1 amide bonds. The highest BCUT2D eigenvalue weighted by molar-refractivity contribution is 14.0. The summed E-state index contributed by atoms with van der Waals surface area (Å²) in [6.45, 7) is 6.08. The molecule has 1 aliphatic rings. The van der Waals surface area contributed by atoms with Gasteiger partial charge in [0.25, 0.3) is 0 Å². The molecule has 0 aromatic heterocycles. The number of rotatable bonds is 8. The van der Waals surface area contributed by atoms with Crippen LogP contribution >= 0.6 is 24.0 Å². The van der Waals surface area contributed by atoms with Gasteiger partial charge in [0, 0.05) is 32.6 Å². The number of hydrogen-bond donors (Lipinski definition) is 3. The van der Waals surface area contributed by atoms with Crippen LogP contribution in [0.15, 0.2) is 4.99 Å². The first-order valence-electron chi connectivity index (χ1n) is 8.85. The van der Waals surface area contributed by atoms with E-state index >= 15 is 0 Å². The number of hydrogen-bond acceptors (Lipinski definition) is 2. The van der Waals surface area contributed by atoms with E-state index in [1.165, 1.54) is 44.9 Å². The number of aliphatic imine (C=N–C) groups is 1. The molecule has 0 atom stereocenters.